The SMILES string of the molecule is COc1ccc([C@@H]2NC(=O)N[C@](O)(C(F)(F)F)[C@@H]2C(=O)c2ccc(Br)cc2)cc1. The number of methoxy groups -OCH3 is 1. The number of nitrogens with one attached hydrogen (secondary N) is 2. The van der Waals surface area contributed by atoms with Crippen molar-refractivity contribution in [3.05, 3.63) is 64.1 Å². The van der Waals surface area contributed by atoms with Gasteiger partial charge in [-0.05, 0) is 29.8 Å². The molecule has 1 saturated heterocycles. The van der Waals surface area contributed by atoms with E-state index >= 15 is 0 Å². The number of carbonyl (C=O) groups excluding carboxylic acids is 2. The number of aliphatic hydroxyl groups is 1. The summed E-state index contributed by atoms with van der Waals surface area (Å²) in [5, 5.41) is 14.3. The van der Waals surface area contributed by atoms with Crippen LogP contribution in [0.3, 0.4) is 0 Å². The molecule has 1 fully saturated rings. The number of Topliss-reactive ketones (excluding diaryl/α,β-unsaturated/α-hetero) is 1. The molecule has 3 atom stereocenters. The molecule has 0 aliphatic carbocycles. The Morgan fingerprint density at radius 3 is 2.24 bits per heavy atom. The molecule has 0 radical (unpaired) electrons. The lowest BCUT2D eigenvalue weighted by Crippen LogP contribution is -2.72. The minimum atomic E-state index is -5.30. The largest absolute Gasteiger partial charge is 0.497 e. The second kappa shape index (κ2) is 7.68. The maximum absolute atomic E-state index is 13.8. The first-order chi connectivity index (χ1) is 13.6. The van der Waals surface area contributed by atoms with E-state index < -0.39 is 35.7 Å². The van der Waals surface area contributed by atoms with E-state index in [0.29, 0.717) is 10.2 Å². The highest BCUT2D eigenvalue weighted by Gasteiger charge is 2.66. The predicted octanol–water partition coefficient (Wildman–Crippen LogP) is 3.56. The number of ether oxygens (including phenoxy) is 1. The number of amides is 2. The number of hydrogen-bond donors (Lipinski definition) is 3. The summed E-state index contributed by atoms with van der Waals surface area (Å²) < 4.78 is 47.1. The van der Waals surface area contributed by atoms with E-state index in [4.69, 9.17) is 4.74 Å². The Morgan fingerprint density at radius 2 is 1.72 bits per heavy atom. The Hall–Kier alpha value is -2.59. The van der Waals surface area contributed by atoms with Crippen LogP contribution in [0.4, 0.5) is 18.0 Å². The zero-order valence-electron chi connectivity index (χ0n) is 15.0. The maximum Gasteiger partial charge on any atom is 0.437 e. The Balaban J connectivity index is 2.13. The first kappa shape index (κ1) is 21.1. The van der Waals surface area contributed by atoms with Gasteiger partial charge in [0.15, 0.2) is 5.78 Å². The van der Waals surface area contributed by atoms with Crippen molar-refractivity contribution in [2.75, 3.05) is 7.11 Å². The summed E-state index contributed by atoms with van der Waals surface area (Å²) in [6.07, 6.45) is -5.30. The highest BCUT2D eigenvalue weighted by Crippen LogP contribution is 2.44. The van der Waals surface area contributed by atoms with Crippen LogP contribution < -0.4 is 15.4 Å². The fourth-order valence-corrected chi connectivity index (χ4v) is 3.49. The van der Waals surface area contributed by atoms with Crippen molar-refractivity contribution < 1.29 is 32.6 Å². The van der Waals surface area contributed by atoms with Crippen molar-refractivity contribution in [1.82, 2.24) is 10.6 Å². The van der Waals surface area contributed by atoms with E-state index in [0.717, 1.165) is 0 Å². The van der Waals surface area contributed by atoms with E-state index in [-0.39, 0.29) is 11.1 Å². The third-order valence-electron chi connectivity index (χ3n) is 4.69. The molecule has 154 valence electrons. The van der Waals surface area contributed by atoms with Gasteiger partial charge in [-0.25, -0.2) is 4.79 Å². The zero-order chi connectivity index (χ0) is 21.4. The van der Waals surface area contributed by atoms with Crippen molar-refractivity contribution in [2.24, 2.45) is 5.92 Å². The fraction of sp³-hybridized carbons (Fsp3) is 0.263. The standard InChI is InChI=1S/C19H16BrF3N2O4/c1-29-13-8-4-10(5-9-13)15-14(16(26)11-2-6-12(20)7-3-11)18(28,19(21,22)23)25-17(27)24-15/h2-9,14-15,28H,1H3,(H2,24,25,27)/t14-,15-,18+/m0/s1. The van der Waals surface area contributed by atoms with Crippen molar-refractivity contribution in [3.8, 4) is 5.75 Å². The molecule has 0 saturated carbocycles. The lowest BCUT2D eigenvalue weighted by molar-refractivity contribution is -0.287. The van der Waals surface area contributed by atoms with Gasteiger partial charge in [-0.15, -0.1) is 0 Å². The van der Waals surface area contributed by atoms with Gasteiger partial charge in [0.2, 0.25) is 5.72 Å². The van der Waals surface area contributed by atoms with Gasteiger partial charge < -0.3 is 20.5 Å². The molecule has 2 aromatic carbocycles. The second-order valence-electron chi connectivity index (χ2n) is 6.46. The summed E-state index contributed by atoms with van der Waals surface area (Å²) in [7, 11) is 1.42. The molecule has 29 heavy (non-hydrogen) atoms. The molecule has 1 aliphatic heterocycles. The third-order valence-corrected chi connectivity index (χ3v) is 5.22. The predicted molar refractivity (Wildman–Crippen MR) is 100 cm³/mol. The minimum absolute atomic E-state index is 0.0441. The van der Waals surface area contributed by atoms with Crippen LogP contribution in [0.2, 0.25) is 0 Å². The van der Waals surface area contributed by atoms with Gasteiger partial charge >= 0.3 is 12.2 Å². The molecule has 0 bridgehead atoms. The number of rotatable bonds is 4. The third kappa shape index (κ3) is 3.95. The van der Waals surface area contributed by atoms with Gasteiger partial charge in [-0.2, -0.15) is 13.2 Å². The highest BCUT2D eigenvalue weighted by atomic mass is 79.9. The van der Waals surface area contributed by atoms with Gasteiger partial charge in [0.1, 0.15) is 11.7 Å². The molecule has 6 nitrogen and oxygen atoms in total. The Kier molecular flexibility index (Phi) is 5.59. The van der Waals surface area contributed by atoms with E-state index in [1.165, 1.54) is 61.0 Å². The molecule has 2 aromatic rings. The summed E-state index contributed by atoms with van der Waals surface area (Å²) >= 11 is 3.19. The minimum Gasteiger partial charge on any atom is -0.497 e. The molecule has 10 heteroatoms. The van der Waals surface area contributed by atoms with Crippen molar-refractivity contribution in [2.45, 2.75) is 17.9 Å². The highest BCUT2D eigenvalue weighted by molar-refractivity contribution is 9.10. The molecule has 1 heterocycles. The molecular formula is C19H16BrF3N2O4. The zero-order valence-corrected chi connectivity index (χ0v) is 16.5. The maximum atomic E-state index is 13.8. The van der Waals surface area contributed by atoms with Crippen LogP contribution in [0.1, 0.15) is 22.0 Å². The number of halogens is 4. The number of ketones is 1. The Morgan fingerprint density at radius 1 is 1.14 bits per heavy atom. The van der Waals surface area contributed by atoms with E-state index in [1.807, 2.05) is 0 Å². The quantitative estimate of drug-likeness (QED) is 0.593. The normalized spacial score (nSPS) is 24.4. The van der Waals surface area contributed by atoms with Crippen LogP contribution in [-0.4, -0.2) is 35.9 Å². The van der Waals surface area contributed by atoms with Gasteiger partial charge in [0.05, 0.1) is 13.2 Å². The molecule has 0 spiro atoms. The number of urea groups is 1. The van der Waals surface area contributed by atoms with E-state index in [2.05, 4.69) is 21.2 Å². The molecule has 0 unspecified atom stereocenters. The average molecular weight is 473 g/mol. The molecule has 3 N–H and O–H groups in total. The number of benzene rings is 2. The van der Waals surface area contributed by atoms with Gasteiger partial charge in [-0.3, -0.25) is 4.79 Å². The van der Waals surface area contributed by atoms with Crippen LogP contribution in [0, 0.1) is 5.92 Å². The lowest BCUT2D eigenvalue weighted by Gasteiger charge is -2.45. The van der Waals surface area contributed by atoms with E-state index in [1.54, 1.807) is 0 Å². The number of hydrogen-bond acceptors (Lipinski definition) is 4. The lowest BCUT2D eigenvalue weighted by atomic mass is 9.77. The second-order valence-corrected chi connectivity index (χ2v) is 7.38. The van der Waals surface area contributed by atoms with Crippen LogP contribution in [0.25, 0.3) is 0 Å². The first-order valence-electron chi connectivity index (χ1n) is 8.38. The summed E-state index contributed by atoms with van der Waals surface area (Å²) in [5.41, 5.74) is -3.60. The molecule has 0 aromatic heterocycles. The smallest absolute Gasteiger partial charge is 0.437 e. The Bertz CT molecular complexity index is 919. The average Bonchev–Trinajstić information content (AvgIpc) is 2.67. The van der Waals surface area contributed by atoms with Crippen molar-refractivity contribution in [3.63, 3.8) is 0 Å². The summed E-state index contributed by atoms with van der Waals surface area (Å²) in [6.45, 7) is 0. The van der Waals surface area contributed by atoms with Crippen LogP contribution in [-0.2, 0) is 0 Å². The van der Waals surface area contributed by atoms with Crippen LogP contribution >= 0.6 is 15.9 Å². The van der Waals surface area contributed by atoms with Crippen molar-refractivity contribution >= 4 is 27.7 Å². The van der Waals surface area contributed by atoms with Crippen LogP contribution in [0.5, 0.6) is 5.75 Å². The molecule has 3 rings (SSSR count). The molecular weight excluding hydrogens is 457 g/mol. The number of carbonyl (C=O) groups is 2. The molecule has 2 amide bonds. The number of alkyl halides is 3. The molecule has 1 aliphatic rings. The summed E-state index contributed by atoms with van der Waals surface area (Å²) in [6, 6.07) is 8.81. The van der Waals surface area contributed by atoms with Gasteiger partial charge in [0.25, 0.3) is 0 Å². The van der Waals surface area contributed by atoms with Crippen molar-refractivity contribution in [1.29, 1.82) is 0 Å². The van der Waals surface area contributed by atoms with Gasteiger partial charge in [0, 0.05) is 10.0 Å². The first-order valence-corrected chi connectivity index (χ1v) is 9.17. The fourth-order valence-electron chi connectivity index (χ4n) is 3.22. The monoisotopic (exact) mass is 472 g/mol. The Labute approximate surface area is 172 Å². The summed E-state index contributed by atoms with van der Waals surface area (Å²) in [4.78, 5) is 25.1. The van der Waals surface area contributed by atoms with Crippen LogP contribution in [0.15, 0.2) is 53.0 Å². The van der Waals surface area contributed by atoms with Gasteiger partial charge in [-0.1, -0.05) is 40.2 Å². The van der Waals surface area contributed by atoms with E-state index in [9.17, 15) is 27.9 Å². The topological polar surface area (TPSA) is 87.7 Å². The summed E-state index contributed by atoms with van der Waals surface area (Å²) in [5.74, 6) is -2.61.